The fourth-order valence-electron chi connectivity index (χ4n) is 5.26. The number of imide groups is 1. The molecule has 3 amide bonds. The van der Waals surface area contributed by atoms with Gasteiger partial charge in [0.2, 0.25) is 17.7 Å². The Balaban J connectivity index is 1.40. The summed E-state index contributed by atoms with van der Waals surface area (Å²) in [5.74, 6) is -1.69. The number of phenols is 1. The maximum absolute atomic E-state index is 14.0. The van der Waals surface area contributed by atoms with E-state index in [1.807, 2.05) is 31.2 Å². The van der Waals surface area contributed by atoms with Crippen LogP contribution in [0.2, 0.25) is 0 Å². The second-order valence-electron chi connectivity index (χ2n) is 9.88. The number of thioether (sulfide) groups is 1. The van der Waals surface area contributed by atoms with Crippen molar-refractivity contribution in [3.05, 3.63) is 98.5 Å². The molecule has 2 N–H and O–H groups in total. The zero-order valence-electron chi connectivity index (χ0n) is 22.1. The van der Waals surface area contributed by atoms with Gasteiger partial charge in [-0.1, -0.05) is 52.9 Å². The topological polar surface area (TPSA) is 118 Å². The molecule has 3 atom stereocenters. The molecule has 1 aromatic heterocycles. The summed E-state index contributed by atoms with van der Waals surface area (Å²) in [7, 11) is 1.56. The molecular weight excluding hydrogens is 562 g/mol. The van der Waals surface area contributed by atoms with Gasteiger partial charge in [-0.3, -0.25) is 23.7 Å². The predicted molar refractivity (Wildman–Crippen MR) is 157 cm³/mol. The summed E-state index contributed by atoms with van der Waals surface area (Å²) in [4.78, 5) is 55.5. The highest BCUT2D eigenvalue weighted by Gasteiger charge is 2.56. The van der Waals surface area contributed by atoms with Gasteiger partial charge in [-0.2, -0.15) is 0 Å². The molecule has 6 rings (SSSR count). The number of nitrogens with one attached hydrogen (secondary N) is 1. The number of hydrogen-bond donors (Lipinski definition) is 2. The van der Waals surface area contributed by atoms with Crippen molar-refractivity contribution >= 4 is 52.2 Å². The number of carbonyl (C=O) groups excluding carboxylic acids is 3. The molecule has 0 aliphatic carbocycles. The lowest BCUT2D eigenvalue weighted by atomic mass is 9.83. The van der Waals surface area contributed by atoms with Crippen LogP contribution in [-0.4, -0.2) is 39.8 Å². The first-order chi connectivity index (χ1) is 19.7. The zero-order valence-corrected chi connectivity index (χ0v) is 23.7. The van der Waals surface area contributed by atoms with Crippen LogP contribution in [0.5, 0.6) is 11.5 Å². The highest BCUT2D eigenvalue weighted by molar-refractivity contribution is 8.00. The van der Waals surface area contributed by atoms with E-state index in [1.165, 1.54) is 33.4 Å². The fourth-order valence-corrected chi connectivity index (χ4v) is 8.04. The van der Waals surface area contributed by atoms with Crippen LogP contribution in [0.15, 0.2) is 82.6 Å². The molecule has 3 heterocycles. The molecule has 0 saturated carbocycles. The number of amides is 3. The number of ether oxygens (including phenoxy) is 1. The van der Waals surface area contributed by atoms with Crippen molar-refractivity contribution < 1.29 is 24.2 Å². The van der Waals surface area contributed by atoms with Crippen molar-refractivity contribution in [1.82, 2.24) is 4.57 Å². The lowest BCUT2D eigenvalue weighted by molar-refractivity contribution is -0.122. The summed E-state index contributed by atoms with van der Waals surface area (Å²) in [6.07, 6.45) is 0. The van der Waals surface area contributed by atoms with Crippen LogP contribution in [-0.2, 0) is 20.9 Å². The Bertz CT molecular complexity index is 1710. The van der Waals surface area contributed by atoms with E-state index in [4.69, 9.17) is 4.74 Å². The maximum Gasteiger partial charge on any atom is 0.308 e. The van der Waals surface area contributed by atoms with E-state index in [9.17, 15) is 24.3 Å². The van der Waals surface area contributed by atoms with E-state index in [-0.39, 0.29) is 29.0 Å². The van der Waals surface area contributed by atoms with Crippen LogP contribution in [0.4, 0.5) is 11.4 Å². The standard InChI is InChI=1S/C30H25N3O6S2/c1-16-3-9-19(10-4-16)33-27(36)24-23(17-5-13-21(39-2)14-6-17)26-29(40-25(24)28(33)37)32(30(38)41-26)15-22(35)31-18-7-11-20(34)12-8-18/h3-14,23-25,34H,15H2,1-2H3,(H,31,35)/t23-,24?,25?/m1/s1. The summed E-state index contributed by atoms with van der Waals surface area (Å²) in [5, 5.41) is 12.0. The van der Waals surface area contributed by atoms with Crippen molar-refractivity contribution in [3.63, 3.8) is 0 Å². The van der Waals surface area contributed by atoms with Gasteiger partial charge < -0.3 is 15.2 Å². The average Bonchev–Trinajstić information content (AvgIpc) is 3.41. The number of thiazole rings is 1. The van der Waals surface area contributed by atoms with Gasteiger partial charge in [-0.05, 0) is 61.0 Å². The molecule has 9 nitrogen and oxygen atoms in total. The molecule has 2 aliphatic heterocycles. The molecular formula is C30H25N3O6S2. The summed E-state index contributed by atoms with van der Waals surface area (Å²) in [6.45, 7) is 1.66. The van der Waals surface area contributed by atoms with Gasteiger partial charge in [0.1, 0.15) is 23.3 Å². The molecule has 208 valence electrons. The minimum Gasteiger partial charge on any atom is -0.508 e. The number of anilines is 2. The monoisotopic (exact) mass is 587 g/mol. The Labute approximate surface area is 243 Å². The van der Waals surface area contributed by atoms with E-state index in [2.05, 4.69) is 5.32 Å². The molecule has 11 heteroatoms. The van der Waals surface area contributed by atoms with Gasteiger partial charge in [0.15, 0.2) is 0 Å². The molecule has 1 fully saturated rings. The number of aromatic nitrogens is 1. The maximum atomic E-state index is 14.0. The highest BCUT2D eigenvalue weighted by Crippen LogP contribution is 2.54. The van der Waals surface area contributed by atoms with E-state index in [1.54, 1.807) is 43.5 Å². The van der Waals surface area contributed by atoms with Gasteiger partial charge in [0.25, 0.3) is 0 Å². The van der Waals surface area contributed by atoms with E-state index < -0.39 is 23.0 Å². The molecule has 0 radical (unpaired) electrons. The van der Waals surface area contributed by atoms with Crippen molar-refractivity contribution in [2.45, 2.75) is 29.7 Å². The molecule has 0 bridgehead atoms. The first-order valence-electron chi connectivity index (χ1n) is 12.8. The first kappa shape index (κ1) is 26.9. The smallest absolute Gasteiger partial charge is 0.308 e. The number of fused-ring (bicyclic) bond motifs is 2. The number of hydrogen-bond acceptors (Lipinski definition) is 8. The minimum atomic E-state index is -0.774. The van der Waals surface area contributed by atoms with Crippen LogP contribution in [0, 0.1) is 12.8 Å². The number of phenolic OH excluding ortho intramolecular Hbond substituents is 1. The SMILES string of the molecule is COc1ccc([C@H]2c3sc(=O)n(CC(=O)Nc4ccc(O)cc4)c3SC3C(=O)N(c4ccc(C)cc4)C(=O)C32)cc1. The van der Waals surface area contributed by atoms with E-state index >= 15 is 0 Å². The Morgan fingerprint density at radius 3 is 2.29 bits per heavy atom. The van der Waals surface area contributed by atoms with Crippen molar-refractivity contribution in [2.24, 2.45) is 5.92 Å². The largest absolute Gasteiger partial charge is 0.508 e. The van der Waals surface area contributed by atoms with Crippen LogP contribution < -0.4 is 19.8 Å². The van der Waals surface area contributed by atoms with Crippen molar-refractivity contribution in [3.8, 4) is 11.5 Å². The third-order valence-electron chi connectivity index (χ3n) is 7.27. The van der Waals surface area contributed by atoms with Gasteiger partial charge in [-0.25, -0.2) is 4.90 Å². The van der Waals surface area contributed by atoms with Crippen LogP contribution >= 0.6 is 23.1 Å². The number of benzene rings is 3. The lowest BCUT2D eigenvalue weighted by Crippen LogP contribution is -2.33. The van der Waals surface area contributed by atoms with E-state index in [0.29, 0.717) is 27.0 Å². The van der Waals surface area contributed by atoms with Crippen LogP contribution in [0.1, 0.15) is 21.9 Å². The summed E-state index contributed by atoms with van der Waals surface area (Å²) < 4.78 is 6.69. The Morgan fingerprint density at radius 1 is 0.951 bits per heavy atom. The number of carbonyl (C=O) groups is 3. The number of aromatic hydroxyl groups is 1. The fraction of sp³-hybridized carbons (Fsp3) is 0.200. The van der Waals surface area contributed by atoms with Crippen LogP contribution in [0.3, 0.4) is 0 Å². The Morgan fingerprint density at radius 2 is 1.63 bits per heavy atom. The third-order valence-corrected chi connectivity index (χ3v) is 9.87. The molecule has 0 spiro atoms. The average molecular weight is 588 g/mol. The molecule has 3 aromatic carbocycles. The number of aryl methyl sites for hydroxylation is 1. The number of rotatable bonds is 6. The van der Waals surface area contributed by atoms with E-state index in [0.717, 1.165) is 22.5 Å². The normalized spacial score (nSPS) is 19.6. The number of methoxy groups -OCH3 is 1. The highest BCUT2D eigenvalue weighted by atomic mass is 32.2. The summed E-state index contributed by atoms with van der Waals surface area (Å²) in [6, 6.07) is 20.5. The minimum absolute atomic E-state index is 0.0668. The zero-order chi connectivity index (χ0) is 28.8. The van der Waals surface area contributed by atoms with Gasteiger partial charge in [0, 0.05) is 16.5 Å². The second kappa shape index (κ2) is 10.6. The van der Waals surface area contributed by atoms with Gasteiger partial charge >= 0.3 is 4.87 Å². The molecule has 4 aromatic rings. The quantitative estimate of drug-likeness (QED) is 0.254. The summed E-state index contributed by atoms with van der Waals surface area (Å²) in [5.41, 5.74) is 2.76. The molecule has 2 aliphatic rings. The lowest BCUT2D eigenvalue weighted by Gasteiger charge is -2.30. The molecule has 41 heavy (non-hydrogen) atoms. The number of nitrogens with zero attached hydrogens (tertiary/aromatic N) is 2. The van der Waals surface area contributed by atoms with Crippen molar-refractivity contribution in [2.75, 3.05) is 17.3 Å². The van der Waals surface area contributed by atoms with Crippen molar-refractivity contribution in [1.29, 1.82) is 0 Å². The van der Waals surface area contributed by atoms with Gasteiger partial charge in [-0.15, -0.1) is 0 Å². The molecule has 1 saturated heterocycles. The molecule has 2 unspecified atom stereocenters. The predicted octanol–water partition coefficient (Wildman–Crippen LogP) is 4.37. The first-order valence-corrected chi connectivity index (χ1v) is 14.5. The Kier molecular flexibility index (Phi) is 6.92. The Hall–Kier alpha value is -4.35. The second-order valence-corrected chi connectivity index (χ2v) is 12.0. The van der Waals surface area contributed by atoms with Crippen LogP contribution in [0.25, 0.3) is 0 Å². The summed E-state index contributed by atoms with van der Waals surface area (Å²) >= 11 is 2.16. The third kappa shape index (κ3) is 4.81. The van der Waals surface area contributed by atoms with Gasteiger partial charge in [0.05, 0.1) is 23.7 Å².